The molecule has 0 spiro atoms. The second kappa shape index (κ2) is 10.0. The van der Waals surface area contributed by atoms with Crippen molar-refractivity contribution in [3.05, 3.63) is 100 Å². The van der Waals surface area contributed by atoms with Crippen LogP contribution in [0.15, 0.2) is 84.0 Å². The van der Waals surface area contributed by atoms with E-state index in [1.807, 2.05) is 24.3 Å². The molecule has 0 unspecified atom stereocenters. The van der Waals surface area contributed by atoms with Gasteiger partial charge in [0.05, 0.1) is 11.1 Å². The van der Waals surface area contributed by atoms with Gasteiger partial charge in [-0.3, -0.25) is 19.8 Å². The van der Waals surface area contributed by atoms with E-state index >= 15 is 0 Å². The van der Waals surface area contributed by atoms with Crippen molar-refractivity contribution < 1.29 is 9.72 Å². The van der Waals surface area contributed by atoms with Gasteiger partial charge in [-0.15, -0.1) is 0 Å². The maximum Gasteiger partial charge on any atom is 0.269 e. The van der Waals surface area contributed by atoms with Gasteiger partial charge in [-0.05, 0) is 59.1 Å². The first-order valence-electron chi connectivity index (χ1n) is 11.8. The van der Waals surface area contributed by atoms with Gasteiger partial charge >= 0.3 is 0 Å². The maximum atomic E-state index is 12.8. The number of carbonyl (C=O) groups excluding carboxylic acids is 1. The number of hydrogen-bond acceptors (Lipinski definition) is 5. The molecule has 4 aromatic carbocycles. The van der Waals surface area contributed by atoms with Gasteiger partial charge < -0.3 is 0 Å². The van der Waals surface area contributed by atoms with Crippen LogP contribution >= 0.6 is 0 Å². The van der Waals surface area contributed by atoms with Gasteiger partial charge in [0, 0.05) is 30.2 Å². The Hall–Kier alpha value is -4.10. The van der Waals surface area contributed by atoms with Crippen molar-refractivity contribution in [3.8, 4) is 0 Å². The molecule has 1 saturated heterocycles. The fourth-order valence-electron chi connectivity index (χ4n) is 4.77. The van der Waals surface area contributed by atoms with E-state index in [1.165, 1.54) is 12.1 Å². The molecule has 1 aliphatic rings. The van der Waals surface area contributed by atoms with Gasteiger partial charge in [0.1, 0.15) is 0 Å². The highest BCUT2D eigenvalue weighted by atomic mass is 16.6. The predicted octanol–water partition coefficient (Wildman–Crippen LogP) is 5.26. The Bertz CT molecular complexity index is 1350. The molecule has 0 bridgehead atoms. The number of fused-ring (bicyclic) bond motifs is 2. The molecule has 1 amide bonds. The zero-order chi connectivity index (χ0) is 24.2. The Morgan fingerprint density at radius 1 is 0.971 bits per heavy atom. The van der Waals surface area contributed by atoms with Crippen LogP contribution in [-0.4, -0.2) is 35.0 Å². The van der Waals surface area contributed by atoms with Crippen molar-refractivity contribution in [2.75, 3.05) is 13.1 Å². The molecule has 0 aliphatic carbocycles. The number of nitrogens with one attached hydrogen (secondary N) is 1. The standard InChI is InChI=1S/C28H26N4O3/c33-28(21-13-15-31(16-14-21)19-20-9-11-24(12-10-20)32(34)35)30-29-18-27-25-7-3-1-5-22(25)17-23-6-2-4-8-26(23)27/h1-12,17-18,21H,13-16,19H2,(H,30,33)/b29-18+. The molecule has 0 radical (unpaired) electrons. The molecule has 7 nitrogen and oxygen atoms in total. The number of likely N-dealkylation sites (tertiary alicyclic amines) is 1. The lowest BCUT2D eigenvalue weighted by molar-refractivity contribution is -0.384. The molecular weight excluding hydrogens is 440 g/mol. The lowest BCUT2D eigenvalue weighted by Crippen LogP contribution is -2.39. The SMILES string of the molecule is O=C(N/N=C/c1c2ccccc2cc2ccccc12)C1CCN(Cc2ccc([N+](=O)[O-])cc2)CC1. The molecule has 7 heteroatoms. The predicted molar refractivity (Wildman–Crippen MR) is 138 cm³/mol. The van der Waals surface area contributed by atoms with Gasteiger partial charge in [-0.2, -0.15) is 5.10 Å². The monoisotopic (exact) mass is 466 g/mol. The van der Waals surface area contributed by atoms with E-state index in [2.05, 4.69) is 45.8 Å². The topological polar surface area (TPSA) is 87.8 Å². The van der Waals surface area contributed by atoms with E-state index in [4.69, 9.17) is 0 Å². The van der Waals surface area contributed by atoms with Crippen LogP contribution in [0.1, 0.15) is 24.0 Å². The number of rotatable bonds is 6. The Labute approximate surface area is 203 Å². The van der Waals surface area contributed by atoms with Crippen LogP contribution in [0.5, 0.6) is 0 Å². The number of carbonyl (C=O) groups is 1. The molecule has 176 valence electrons. The number of nitro groups is 1. The highest BCUT2D eigenvalue weighted by Crippen LogP contribution is 2.27. The van der Waals surface area contributed by atoms with Gasteiger partial charge in [-0.1, -0.05) is 60.7 Å². The molecule has 1 heterocycles. The van der Waals surface area contributed by atoms with Gasteiger partial charge in [0.25, 0.3) is 5.69 Å². The van der Waals surface area contributed by atoms with Crippen molar-refractivity contribution in [2.24, 2.45) is 11.0 Å². The normalized spacial score (nSPS) is 15.1. The van der Waals surface area contributed by atoms with E-state index in [0.29, 0.717) is 0 Å². The van der Waals surface area contributed by atoms with Gasteiger partial charge in [-0.25, -0.2) is 5.43 Å². The molecule has 1 fully saturated rings. The summed E-state index contributed by atoms with van der Waals surface area (Å²) in [6.07, 6.45) is 3.27. The Balaban J connectivity index is 1.20. The first-order valence-corrected chi connectivity index (χ1v) is 11.8. The molecule has 1 aliphatic heterocycles. The van der Waals surface area contributed by atoms with Crippen LogP contribution in [0.3, 0.4) is 0 Å². The smallest absolute Gasteiger partial charge is 0.269 e. The van der Waals surface area contributed by atoms with Crippen LogP contribution < -0.4 is 5.43 Å². The number of nitrogens with zero attached hydrogens (tertiary/aromatic N) is 3. The first kappa shape index (κ1) is 22.7. The molecule has 1 N–H and O–H groups in total. The van der Waals surface area contributed by atoms with Gasteiger partial charge in [0.15, 0.2) is 0 Å². The zero-order valence-electron chi connectivity index (χ0n) is 19.3. The number of hydrogen-bond donors (Lipinski definition) is 1. The molecule has 4 aromatic rings. The average Bonchev–Trinajstić information content (AvgIpc) is 2.89. The third kappa shape index (κ3) is 5.05. The minimum atomic E-state index is -0.390. The fraction of sp³-hybridized carbons (Fsp3) is 0.214. The fourth-order valence-corrected chi connectivity index (χ4v) is 4.77. The van der Waals surface area contributed by atoms with Crippen LogP contribution in [0.25, 0.3) is 21.5 Å². The molecular formula is C28H26N4O3. The highest BCUT2D eigenvalue weighted by Gasteiger charge is 2.25. The number of amides is 1. The quantitative estimate of drug-likeness (QED) is 0.182. The van der Waals surface area contributed by atoms with Crippen LogP contribution in [0.2, 0.25) is 0 Å². The summed E-state index contributed by atoms with van der Waals surface area (Å²) in [7, 11) is 0. The van der Waals surface area contributed by atoms with Crippen molar-refractivity contribution in [2.45, 2.75) is 19.4 Å². The average molecular weight is 467 g/mol. The summed E-state index contributed by atoms with van der Waals surface area (Å²) in [4.78, 5) is 25.5. The summed E-state index contributed by atoms with van der Waals surface area (Å²) in [5.41, 5.74) is 4.89. The first-order chi connectivity index (χ1) is 17.1. The van der Waals surface area contributed by atoms with Crippen molar-refractivity contribution in [1.29, 1.82) is 0 Å². The third-order valence-corrected chi connectivity index (χ3v) is 6.69. The summed E-state index contributed by atoms with van der Waals surface area (Å²) in [5, 5.41) is 19.6. The van der Waals surface area contributed by atoms with Gasteiger partial charge in [0.2, 0.25) is 5.91 Å². The molecule has 5 rings (SSSR count). The lowest BCUT2D eigenvalue weighted by Gasteiger charge is -2.30. The largest absolute Gasteiger partial charge is 0.299 e. The van der Waals surface area contributed by atoms with E-state index in [-0.39, 0.29) is 22.4 Å². The van der Waals surface area contributed by atoms with Crippen LogP contribution in [0, 0.1) is 16.0 Å². The summed E-state index contributed by atoms with van der Waals surface area (Å²) in [5.74, 6) is -0.134. The number of hydrazone groups is 1. The summed E-state index contributed by atoms with van der Waals surface area (Å²) >= 11 is 0. The Morgan fingerprint density at radius 3 is 2.17 bits per heavy atom. The zero-order valence-corrected chi connectivity index (χ0v) is 19.3. The van der Waals surface area contributed by atoms with Crippen LogP contribution in [0.4, 0.5) is 5.69 Å². The van der Waals surface area contributed by atoms with Crippen LogP contribution in [-0.2, 0) is 11.3 Å². The lowest BCUT2D eigenvalue weighted by atomic mass is 9.96. The second-order valence-corrected chi connectivity index (χ2v) is 8.94. The van der Waals surface area contributed by atoms with E-state index in [9.17, 15) is 14.9 Å². The number of benzene rings is 4. The second-order valence-electron chi connectivity index (χ2n) is 8.94. The number of nitro benzene ring substituents is 1. The number of non-ortho nitro benzene ring substituents is 1. The minimum Gasteiger partial charge on any atom is -0.299 e. The Morgan fingerprint density at radius 2 is 1.57 bits per heavy atom. The molecule has 0 aromatic heterocycles. The highest BCUT2D eigenvalue weighted by molar-refractivity contribution is 6.13. The molecule has 35 heavy (non-hydrogen) atoms. The van der Waals surface area contributed by atoms with E-state index in [0.717, 1.165) is 65.1 Å². The van der Waals surface area contributed by atoms with Crippen molar-refractivity contribution in [3.63, 3.8) is 0 Å². The maximum absolute atomic E-state index is 12.8. The summed E-state index contributed by atoms with van der Waals surface area (Å²) < 4.78 is 0. The molecule has 0 saturated carbocycles. The van der Waals surface area contributed by atoms with Crippen molar-refractivity contribution in [1.82, 2.24) is 10.3 Å². The summed E-state index contributed by atoms with van der Waals surface area (Å²) in [6, 6.07) is 25.2. The van der Waals surface area contributed by atoms with Crippen molar-refractivity contribution >= 4 is 39.4 Å². The number of piperidine rings is 1. The third-order valence-electron chi connectivity index (χ3n) is 6.69. The molecule has 0 atom stereocenters. The summed E-state index contributed by atoms with van der Waals surface area (Å²) in [6.45, 7) is 2.32. The minimum absolute atomic E-state index is 0.0548. The van der Waals surface area contributed by atoms with E-state index in [1.54, 1.807) is 18.3 Å². The Kier molecular flexibility index (Phi) is 6.50. The van der Waals surface area contributed by atoms with E-state index < -0.39 is 0 Å².